The van der Waals surface area contributed by atoms with Crippen LogP contribution in [0.2, 0.25) is 5.02 Å². The quantitative estimate of drug-likeness (QED) is 0.793. The average Bonchev–Trinajstić information content (AvgIpc) is 2.54. The summed E-state index contributed by atoms with van der Waals surface area (Å²) in [4.78, 5) is 19.8. The van der Waals surface area contributed by atoms with Crippen LogP contribution < -0.4 is 4.90 Å². The van der Waals surface area contributed by atoms with Gasteiger partial charge in [0, 0.05) is 39.3 Å². The van der Waals surface area contributed by atoms with Gasteiger partial charge < -0.3 is 9.80 Å². The van der Waals surface area contributed by atoms with Crippen LogP contribution in [-0.4, -0.2) is 42.0 Å². The van der Waals surface area contributed by atoms with Crippen molar-refractivity contribution in [1.29, 1.82) is 0 Å². The molecule has 2 heterocycles. The van der Waals surface area contributed by atoms with Crippen molar-refractivity contribution in [3.8, 4) is 0 Å². The van der Waals surface area contributed by atoms with Gasteiger partial charge in [-0.05, 0) is 28.4 Å². The van der Waals surface area contributed by atoms with E-state index in [0.29, 0.717) is 5.02 Å². The van der Waals surface area contributed by atoms with Gasteiger partial charge in [0.05, 0.1) is 9.50 Å². The molecule has 1 amide bonds. The van der Waals surface area contributed by atoms with Gasteiger partial charge in [0.25, 0.3) is 0 Å². The van der Waals surface area contributed by atoms with Gasteiger partial charge in [0.15, 0.2) is 0 Å². The normalized spacial score (nSPS) is 16.6. The molecule has 98 valence electrons. The fourth-order valence-corrected chi connectivity index (χ4v) is 2.97. The largest absolute Gasteiger partial charge is 0.354 e. The average molecular weight is 333 g/mol. The second kappa shape index (κ2) is 5.89. The maximum atomic E-state index is 11.4. The molecule has 0 aromatic carbocycles. The van der Waals surface area contributed by atoms with E-state index in [1.54, 1.807) is 13.1 Å². The van der Waals surface area contributed by atoms with Crippen LogP contribution in [0.4, 0.5) is 5.82 Å². The number of anilines is 1. The molecule has 1 aliphatic heterocycles. The molecule has 0 atom stereocenters. The van der Waals surface area contributed by atoms with Crippen LogP contribution in [0.5, 0.6) is 0 Å². The number of aromatic nitrogens is 1. The zero-order chi connectivity index (χ0) is 13.1. The van der Waals surface area contributed by atoms with E-state index in [-0.39, 0.29) is 5.91 Å². The third kappa shape index (κ3) is 3.14. The lowest BCUT2D eigenvalue weighted by Crippen LogP contribution is -2.33. The number of hydrogen-bond acceptors (Lipinski definition) is 3. The fourth-order valence-electron chi connectivity index (χ4n) is 2.08. The SMILES string of the molecule is CC(=O)N1CCCN(c2ncc(Cl)cc2Br)CC1. The standard InChI is InChI=1S/C12H15BrClN3O/c1-9(18)16-3-2-4-17(6-5-16)12-11(13)7-10(14)8-15-12/h7-8H,2-6H2,1H3. The summed E-state index contributed by atoms with van der Waals surface area (Å²) >= 11 is 9.37. The highest BCUT2D eigenvalue weighted by atomic mass is 79.9. The Kier molecular flexibility index (Phi) is 4.45. The van der Waals surface area contributed by atoms with Gasteiger partial charge in [0.1, 0.15) is 5.82 Å². The van der Waals surface area contributed by atoms with Crippen molar-refractivity contribution in [1.82, 2.24) is 9.88 Å². The molecule has 4 nitrogen and oxygen atoms in total. The summed E-state index contributed by atoms with van der Waals surface area (Å²) in [5, 5.41) is 0.616. The predicted molar refractivity (Wildman–Crippen MR) is 76.0 cm³/mol. The molecular weight excluding hydrogens is 318 g/mol. The highest BCUT2D eigenvalue weighted by Crippen LogP contribution is 2.27. The monoisotopic (exact) mass is 331 g/mol. The Morgan fingerprint density at radius 2 is 2.17 bits per heavy atom. The van der Waals surface area contributed by atoms with Gasteiger partial charge in [-0.25, -0.2) is 4.98 Å². The van der Waals surface area contributed by atoms with E-state index in [0.717, 1.165) is 42.9 Å². The fraction of sp³-hybridized carbons (Fsp3) is 0.500. The highest BCUT2D eigenvalue weighted by Gasteiger charge is 2.19. The highest BCUT2D eigenvalue weighted by molar-refractivity contribution is 9.10. The Balaban J connectivity index is 2.12. The minimum Gasteiger partial charge on any atom is -0.354 e. The Bertz CT molecular complexity index is 455. The molecule has 1 aliphatic rings. The van der Waals surface area contributed by atoms with E-state index in [9.17, 15) is 4.79 Å². The summed E-state index contributed by atoms with van der Waals surface area (Å²) < 4.78 is 0.895. The van der Waals surface area contributed by atoms with E-state index < -0.39 is 0 Å². The van der Waals surface area contributed by atoms with Gasteiger partial charge in [-0.2, -0.15) is 0 Å². The summed E-state index contributed by atoms with van der Waals surface area (Å²) in [6.45, 7) is 4.87. The second-order valence-corrected chi connectivity index (χ2v) is 5.60. The molecule has 0 aliphatic carbocycles. The number of nitrogens with zero attached hydrogens (tertiary/aromatic N) is 3. The maximum absolute atomic E-state index is 11.4. The number of amides is 1. The summed E-state index contributed by atoms with van der Waals surface area (Å²) in [7, 11) is 0. The number of pyridine rings is 1. The van der Waals surface area contributed by atoms with Crippen molar-refractivity contribution < 1.29 is 4.79 Å². The van der Waals surface area contributed by atoms with E-state index >= 15 is 0 Å². The van der Waals surface area contributed by atoms with Crippen molar-refractivity contribution >= 4 is 39.3 Å². The molecule has 1 saturated heterocycles. The molecule has 0 spiro atoms. The first-order valence-corrected chi connectivity index (χ1v) is 7.06. The topological polar surface area (TPSA) is 36.4 Å². The van der Waals surface area contributed by atoms with Crippen molar-refractivity contribution in [2.75, 3.05) is 31.1 Å². The Morgan fingerprint density at radius 1 is 1.39 bits per heavy atom. The Labute approximate surface area is 120 Å². The Hall–Kier alpha value is -0.810. The predicted octanol–water partition coefficient (Wildman–Crippen LogP) is 2.56. The first kappa shape index (κ1) is 13.6. The number of carbonyl (C=O) groups is 1. The molecule has 1 aromatic heterocycles. The summed E-state index contributed by atoms with van der Waals surface area (Å²) in [5.74, 6) is 1.03. The smallest absolute Gasteiger partial charge is 0.219 e. The second-order valence-electron chi connectivity index (χ2n) is 4.31. The zero-order valence-corrected chi connectivity index (χ0v) is 12.5. The zero-order valence-electron chi connectivity index (χ0n) is 10.2. The van der Waals surface area contributed by atoms with Gasteiger partial charge in [-0.15, -0.1) is 0 Å². The molecule has 0 radical (unpaired) electrons. The third-order valence-corrected chi connectivity index (χ3v) is 3.82. The summed E-state index contributed by atoms with van der Waals surface area (Å²) in [5.41, 5.74) is 0. The lowest BCUT2D eigenvalue weighted by atomic mass is 10.3. The molecule has 0 N–H and O–H groups in total. The lowest BCUT2D eigenvalue weighted by Gasteiger charge is -2.23. The molecular formula is C12H15BrClN3O. The minimum atomic E-state index is 0.139. The number of hydrogen-bond donors (Lipinski definition) is 0. The first-order chi connectivity index (χ1) is 8.58. The van der Waals surface area contributed by atoms with Crippen LogP contribution in [0, 0.1) is 0 Å². The molecule has 0 unspecified atom stereocenters. The van der Waals surface area contributed by atoms with E-state index in [1.165, 1.54) is 0 Å². The van der Waals surface area contributed by atoms with Crippen LogP contribution >= 0.6 is 27.5 Å². The molecule has 0 saturated carbocycles. The summed E-state index contributed by atoms with van der Waals surface area (Å²) in [6.07, 6.45) is 2.60. The van der Waals surface area contributed by atoms with Crippen molar-refractivity contribution in [3.05, 3.63) is 21.8 Å². The molecule has 0 bridgehead atoms. The lowest BCUT2D eigenvalue weighted by molar-refractivity contribution is -0.128. The van der Waals surface area contributed by atoms with Gasteiger partial charge >= 0.3 is 0 Å². The summed E-state index contributed by atoms with van der Waals surface area (Å²) in [6, 6.07) is 1.84. The van der Waals surface area contributed by atoms with Gasteiger partial charge in [0.2, 0.25) is 5.91 Å². The first-order valence-electron chi connectivity index (χ1n) is 5.89. The van der Waals surface area contributed by atoms with Crippen LogP contribution in [0.3, 0.4) is 0 Å². The third-order valence-electron chi connectivity index (χ3n) is 3.03. The van der Waals surface area contributed by atoms with E-state index in [4.69, 9.17) is 11.6 Å². The molecule has 18 heavy (non-hydrogen) atoms. The molecule has 1 aromatic rings. The van der Waals surface area contributed by atoms with Crippen LogP contribution in [0.25, 0.3) is 0 Å². The number of halogens is 2. The van der Waals surface area contributed by atoms with Crippen molar-refractivity contribution in [2.45, 2.75) is 13.3 Å². The maximum Gasteiger partial charge on any atom is 0.219 e. The van der Waals surface area contributed by atoms with Crippen molar-refractivity contribution in [3.63, 3.8) is 0 Å². The number of carbonyl (C=O) groups excluding carboxylic acids is 1. The minimum absolute atomic E-state index is 0.139. The van der Waals surface area contributed by atoms with Crippen LogP contribution in [0.15, 0.2) is 16.7 Å². The van der Waals surface area contributed by atoms with Gasteiger partial charge in [-0.3, -0.25) is 4.79 Å². The number of rotatable bonds is 1. The molecule has 6 heteroatoms. The van der Waals surface area contributed by atoms with Crippen molar-refractivity contribution in [2.24, 2.45) is 0 Å². The Morgan fingerprint density at radius 3 is 2.83 bits per heavy atom. The van der Waals surface area contributed by atoms with Crippen LogP contribution in [-0.2, 0) is 4.79 Å². The van der Waals surface area contributed by atoms with Gasteiger partial charge in [-0.1, -0.05) is 11.6 Å². The van der Waals surface area contributed by atoms with E-state index in [2.05, 4.69) is 25.8 Å². The molecule has 1 fully saturated rings. The van der Waals surface area contributed by atoms with Crippen LogP contribution in [0.1, 0.15) is 13.3 Å². The molecule has 2 rings (SSSR count). The van der Waals surface area contributed by atoms with E-state index in [1.807, 2.05) is 11.0 Å².